The average molecular weight is 359 g/mol. The summed E-state index contributed by atoms with van der Waals surface area (Å²) < 4.78 is 0. The molecule has 2 fully saturated rings. The molecule has 1 unspecified atom stereocenters. The summed E-state index contributed by atoms with van der Waals surface area (Å²) in [5, 5.41) is 5.68. The number of rotatable bonds is 6. The highest BCUT2D eigenvalue weighted by Gasteiger charge is 2.34. The Morgan fingerprint density at radius 2 is 1.85 bits per heavy atom. The van der Waals surface area contributed by atoms with Crippen molar-refractivity contribution >= 4 is 17.5 Å². The van der Waals surface area contributed by atoms with Crippen LogP contribution in [-0.4, -0.2) is 38.0 Å². The lowest BCUT2D eigenvalue weighted by molar-refractivity contribution is -0.902. The summed E-state index contributed by atoms with van der Waals surface area (Å²) in [6, 6.07) is 7.78. The van der Waals surface area contributed by atoms with Gasteiger partial charge in [0, 0.05) is 11.6 Å². The van der Waals surface area contributed by atoms with Gasteiger partial charge in [0.15, 0.2) is 6.54 Å². The minimum atomic E-state index is -0.166. The van der Waals surface area contributed by atoms with Crippen LogP contribution >= 0.6 is 0 Å². The van der Waals surface area contributed by atoms with E-state index in [1.807, 2.05) is 24.3 Å². The monoisotopic (exact) mass is 358 g/mol. The summed E-state index contributed by atoms with van der Waals surface area (Å²) >= 11 is 0. The van der Waals surface area contributed by atoms with Crippen LogP contribution in [-0.2, 0) is 16.0 Å². The smallest absolute Gasteiger partial charge is 0.275 e. The van der Waals surface area contributed by atoms with E-state index in [9.17, 15) is 9.59 Å². The van der Waals surface area contributed by atoms with E-state index in [-0.39, 0.29) is 18.4 Å². The maximum absolute atomic E-state index is 12.2. The van der Waals surface area contributed by atoms with Crippen LogP contribution in [0.1, 0.15) is 44.6 Å². The van der Waals surface area contributed by atoms with Crippen LogP contribution in [0.3, 0.4) is 0 Å². The van der Waals surface area contributed by atoms with E-state index in [0.29, 0.717) is 6.54 Å². The molecule has 3 rings (SSSR count). The van der Waals surface area contributed by atoms with E-state index >= 15 is 0 Å². The lowest BCUT2D eigenvalue weighted by atomic mass is 9.75. The second-order valence-electron chi connectivity index (χ2n) is 7.81. The molecule has 1 aliphatic heterocycles. The lowest BCUT2D eigenvalue weighted by Crippen LogP contribution is -3.15. The Morgan fingerprint density at radius 1 is 1.08 bits per heavy atom. The number of carbonyl (C=O) groups excluding carboxylic acids is 2. The van der Waals surface area contributed by atoms with Gasteiger partial charge in [0.2, 0.25) is 5.91 Å². The molecule has 5 heteroatoms. The number of benzene rings is 1. The van der Waals surface area contributed by atoms with Crippen LogP contribution in [0.25, 0.3) is 0 Å². The summed E-state index contributed by atoms with van der Waals surface area (Å²) in [4.78, 5) is 25.7. The maximum atomic E-state index is 12.2. The fourth-order valence-corrected chi connectivity index (χ4v) is 4.57. The van der Waals surface area contributed by atoms with Crippen molar-refractivity contribution in [2.45, 2.75) is 45.4 Å². The number of aryl methyl sites for hydroxylation is 1. The van der Waals surface area contributed by atoms with Gasteiger partial charge in [-0.05, 0) is 43.2 Å². The molecule has 1 saturated carbocycles. The fraction of sp³-hybridized carbons (Fsp3) is 0.619. The van der Waals surface area contributed by atoms with E-state index < -0.39 is 0 Å². The van der Waals surface area contributed by atoms with Crippen LogP contribution in [0.2, 0.25) is 0 Å². The predicted molar refractivity (Wildman–Crippen MR) is 103 cm³/mol. The molecular formula is C21H32N3O2+. The first-order valence-corrected chi connectivity index (χ1v) is 10.1. The molecule has 1 aromatic rings. The molecule has 26 heavy (non-hydrogen) atoms. The molecule has 2 aliphatic rings. The third kappa shape index (κ3) is 5.07. The van der Waals surface area contributed by atoms with Crippen molar-refractivity contribution in [1.29, 1.82) is 0 Å². The minimum Gasteiger partial charge on any atom is -0.342 e. The Balaban J connectivity index is 1.40. The number of hydrogen-bond donors (Lipinski definition) is 3. The van der Waals surface area contributed by atoms with Gasteiger partial charge in [0.1, 0.15) is 0 Å². The van der Waals surface area contributed by atoms with E-state index in [4.69, 9.17) is 0 Å². The average Bonchev–Trinajstić information content (AvgIpc) is 2.67. The molecule has 2 amide bonds. The molecule has 0 radical (unpaired) electrons. The molecular weight excluding hydrogens is 326 g/mol. The van der Waals surface area contributed by atoms with Crippen LogP contribution in [0.15, 0.2) is 24.3 Å². The van der Waals surface area contributed by atoms with Gasteiger partial charge in [-0.25, -0.2) is 0 Å². The number of hydrogen-bond acceptors (Lipinski definition) is 2. The number of fused-ring (bicyclic) bond motifs is 1. The molecule has 1 aromatic carbocycles. The summed E-state index contributed by atoms with van der Waals surface area (Å²) in [6.07, 6.45) is 7.55. The summed E-state index contributed by atoms with van der Waals surface area (Å²) in [7, 11) is 0. The number of amides is 2. The molecule has 1 heterocycles. The number of likely N-dealkylation sites (tertiary alicyclic amines) is 1. The van der Waals surface area contributed by atoms with Crippen molar-refractivity contribution in [1.82, 2.24) is 5.32 Å². The second kappa shape index (κ2) is 9.17. The van der Waals surface area contributed by atoms with Gasteiger partial charge in [-0.1, -0.05) is 38.0 Å². The number of nitrogens with one attached hydrogen (secondary N) is 3. The molecule has 142 valence electrons. The normalized spacial score (nSPS) is 25.2. The first-order chi connectivity index (χ1) is 12.7. The van der Waals surface area contributed by atoms with Crippen molar-refractivity contribution in [2.75, 3.05) is 31.5 Å². The Hall–Kier alpha value is -1.88. The number of quaternary nitrogens is 1. The first-order valence-electron chi connectivity index (χ1n) is 10.1. The molecule has 3 N–H and O–H groups in total. The number of carbonyl (C=O) groups is 2. The molecule has 3 atom stereocenters. The third-order valence-corrected chi connectivity index (χ3v) is 6.02. The van der Waals surface area contributed by atoms with Crippen molar-refractivity contribution < 1.29 is 14.5 Å². The number of para-hydroxylation sites is 1. The van der Waals surface area contributed by atoms with E-state index in [0.717, 1.165) is 42.6 Å². The third-order valence-electron chi connectivity index (χ3n) is 6.02. The largest absolute Gasteiger partial charge is 0.342 e. The van der Waals surface area contributed by atoms with Crippen LogP contribution < -0.4 is 15.5 Å². The quantitative estimate of drug-likeness (QED) is 0.720. The van der Waals surface area contributed by atoms with Crippen LogP contribution in [0.4, 0.5) is 5.69 Å². The second-order valence-corrected chi connectivity index (χ2v) is 7.81. The van der Waals surface area contributed by atoms with Crippen molar-refractivity contribution in [2.24, 2.45) is 11.8 Å². The number of piperidine rings is 1. The molecule has 1 aliphatic carbocycles. The Bertz CT molecular complexity index is 631. The molecule has 0 aromatic heterocycles. The number of anilines is 1. The zero-order valence-electron chi connectivity index (χ0n) is 15.9. The van der Waals surface area contributed by atoms with Gasteiger partial charge in [-0.2, -0.15) is 0 Å². The van der Waals surface area contributed by atoms with E-state index in [1.54, 1.807) is 0 Å². The van der Waals surface area contributed by atoms with Crippen LogP contribution in [0.5, 0.6) is 0 Å². The SMILES string of the molecule is CCc1ccccc1NC(=O)CNC(=O)C[NH+]1CC[C@@H]2CCCC[C@@H]2C1. The fourth-order valence-electron chi connectivity index (χ4n) is 4.57. The summed E-state index contributed by atoms with van der Waals surface area (Å²) in [6.45, 7) is 4.79. The van der Waals surface area contributed by atoms with Gasteiger partial charge in [0.05, 0.1) is 19.6 Å². The van der Waals surface area contributed by atoms with E-state index in [2.05, 4.69) is 17.6 Å². The van der Waals surface area contributed by atoms with Gasteiger partial charge in [-0.15, -0.1) is 0 Å². The molecule has 5 nitrogen and oxygen atoms in total. The predicted octanol–water partition coefficient (Wildman–Crippen LogP) is 1.40. The van der Waals surface area contributed by atoms with Gasteiger partial charge in [-0.3, -0.25) is 9.59 Å². The first kappa shape index (κ1) is 18.9. The van der Waals surface area contributed by atoms with Gasteiger partial charge >= 0.3 is 0 Å². The summed E-state index contributed by atoms with van der Waals surface area (Å²) in [5.41, 5.74) is 1.94. The highest BCUT2D eigenvalue weighted by molar-refractivity contribution is 5.95. The standard InChI is InChI=1S/C21H31N3O2/c1-2-16-7-5-6-10-19(16)23-20(25)13-22-21(26)15-24-12-11-17-8-3-4-9-18(17)14-24/h5-7,10,17-18H,2-4,8-9,11-15H2,1H3,(H,22,26)(H,23,25)/p+1/t17-,18+/m0/s1. The van der Waals surface area contributed by atoms with Gasteiger partial charge < -0.3 is 15.5 Å². The zero-order chi connectivity index (χ0) is 18.4. The highest BCUT2D eigenvalue weighted by Crippen LogP contribution is 2.32. The highest BCUT2D eigenvalue weighted by atomic mass is 16.2. The Kier molecular flexibility index (Phi) is 6.67. The summed E-state index contributed by atoms with van der Waals surface area (Å²) in [5.74, 6) is 1.50. The zero-order valence-corrected chi connectivity index (χ0v) is 15.9. The molecule has 0 spiro atoms. The Morgan fingerprint density at radius 3 is 2.65 bits per heavy atom. The van der Waals surface area contributed by atoms with E-state index in [1.165, 1.54) is 37.0 Å². The molecule has 0 bridgehead atoms. The van der Waals surface area contributed by atoms with Crippen molar-refractivity contribution in [3.05, 3.63) is 29.8 Å². The minimum absolute atomic E-state index is 0.0202. The molecule has 1 saturated heterocycles. The van der Waals surface area contributed by atoms with Crippen molar-refractivity contribution in [3.63, 3.8) is 0 Å². The lowest BCUT2D eigenvalue weighted by Gasteiger charge is -2.38. The Labute approximate surface area is 156 Å². The van der Waals surface area contributed by atoms with Crippen molar-refractivity contribution in [3.8, 4) is 0 Å². The van der Waals surface area contributed by atoms with Gasteiger partial charge in [0.25, 0.3) is 5.91 Å². The topological polar surface area (TPSA) is 62.6 Å². The van der Waals surface area contributed by atoms with Crippen LogP contribution in [0, 0.1) is 11.8 Å². The maximum Gasteiger partial charge on any atom is 0.275 e.